The first kappa shape index (κ1) is 17.1. The Balaban J connectivity index is 1.19. The van der Waals surface area contributed by atoms with Gasteiger partial charge in [-0.2, -0.15) is 9.61 Å². The lowest BCUT2D eigenvalue weighted by atomic mass is 10.0. The molecule has 0 saturated heterocycles. The van der Waals surface area contributed by atoms with Crippen LogP contribution in [0, 0.1) is 0 Å². The van der Waals surface area contributed by atoms with E-state index in [1.54, 1.807) is 0 Å². The first-order valence-electron chi connectivity index (χ1n) is 9.42. The second kappa shape index (κ2) is 7.16. The molecule has 1 amide bonds. The molecule has 1 aliphatic rings. The molecule has 0 aliphatic heterocycles. The van der Waals surface area contributed by atoms with Crippen molar-refractivity contribution in [1.29, 1.82) is 0 Å². The number of fused-ring (bicyclic) bond motifs is 1. The van der Waals surface area contributed by atoms with Crippen LogP contribution in [-0.4, -0.2) is 32.3 Å². The quantitative estimate of drug-likeness (QED) is 0.546. The molecule has 0 bridgehead atoms. The van der Waals surface area contributed by atoms with Crippen LogP contribution in [0.2, 0.25) is 0 Å². The summed E-state index contributed by atoms with van der Waals surface area (Å²) in [5.41, 5.74) is 2.90. The maximum absolute atomic E-state index is 12.4. The third-order valence-corrected chi connectivity index (χ3v) is 5.84. The van der Waals surface area contributed by atoms with Crippen molar-refractivity contribution in [3.8, 4) is 11.1 Å². The second-order valence-corrected chi connectivity index (χ2v) is 8.01. The van der Waals surface area contributed by atoms with Crippen molar-refractivity contribution in [3.63, 3.8) is 0 Å². The van der Waals surface area contributed by atoms with Crippen LogP contribution in [0.5, 0.6) is 0 Å². The Bertz CT molecular complexity index is 1110. The van der Waals surface area contributed by atoms with E-state index in [0.717, 1.165) is 26.9 Å². The molecule has 28 heavy (non-hydrogen) atoms. The fraction of sp³-hybridized carbons (Fsp3) is 0.238. The minimum atomic E-state index is -0.0683. The largest absolute Gasteiger partial charge is 0.352 e. The Morgan fingerprint density at radius 3 is 2.54 bits per heavy atom. The molecular weight excluding hydrogens is 370 g/mol. The van der Waals surface area contributed by atoms with Gasteiger partial charge in [-0.1, -0.05) is 53.8 Å². The zero-order chi connectivity index (χ0) is 18.9. The van der Waals surface area contributed by atoms with E-state index >= 15 is 0 Å². The van der Waals surface area contributed by atoms with E-state index < -0.39 is 0 Å². The van der Waals surface area contributed by atoms with E-state index in [4.69, 9.17) is 0 Å². The van der Waals surface area contributed by atoms with Gasteiger partial charge in [-0.15, -0.1) is 10.2 Å². The van der Waals surface area contributed by atoms with E-state index in [1.807, 2.05) is 47.0 Å². The Labute approximate surface area is 166 Å². The third-order valence-electron chi connectivity index (χ3n) is 4.88. The Morgan fingerprint density at radius 2 is 1.79 bits per heavy atom. The van der Waals surface area contributed by atoms with Gasteiger partial charge in [0.15, 0.2) is 5.82 Å². The second-order valence-electron chi connectivity index (χ2n) is 6.97. The molecule has 140 valence electrons. The van der Waals surface area contributed by atoms with Gasteiger partial charge in [0.25, 0.3) is 5.91 Å². The molecule has 4 aromatic rings. The van der Waals surface area contributed by atoms with Crippen molar-refractivity contribution in [2.75, 3.05) is 6.54 Å². The van der Waals surface area contributed by atoms with Gasteiger partial charge in [-0.05, 0) is 36.1 Å². The zero-order valence-electron chi connectivity index (χ0n) is 15.2. The van der Waals surface area contributed by atoms with Crippen LogP contribution < -0.4 is 5.32 Å². The van der Waals surface area contributed by atoms with Crippen molar-refractivity contribution in [2.45, 2.75) is 25.2 Å². The lowest BCUT2D eigenvalue weighted by molar-refractivity contribution is 0.0954. The molecular formula is C21H19N5OS. The Hall–Kier alpha value is -3.06. The van der Waals surface area contributed by atoms with E-state index in [1.165, 1.54) is 24.2 Å². The molecule has 5 rings (SSSR count). The molecule has 1 saturated carbocycles. The van der Waals surface area contributed by atoms with Gasteiger partial charge in [0, 0.05) is 24.4 Å². The number of aromatic nitrogens is 4. The number of nitrogens with one attached hydrogen (secondary N) is 1. The van der Waals surface area contributed by atoms with Crippen LogP contribution in [0.25, 0.3) is 16.1 Å². The molecule has 0 radical (unpaired) electrons. The SMILES string of the molecule is O=C(NCCc1nn2c(C3CC3)nnc2s1)c1ccc(-c2ccccc2)cc1. The number of hydrogen-bond donors (Lipinski definition) is 1. The summed E-state index contributed by atoms with van der Waals surface area (Å²) in [6, 6.07) is 17.8. The number of hydrogen-bond acceptors (Lipinski definition) is 5. The van der Waals surface area contributed by atoms with Gasteiger partial charge in [-0.3, -0.25) is 4.79 Å². The summed E-state index contributed by atoms with van der Waals surface area (Å²) in [4.78, 5) is 13.2. The number of benzene rings is 2. The van der Waals surface area contributed by atoms with Crippen LogP contribution in [0.4, 0.5) is 0 Å². The molecule has 1 fully saturated rings. The highest BCUT2D eigenvalue weighted by molar-refractivity contribution is 7.16. The average Bonchev–Trinajstić information content (AvgIpc) is 3.38. The summed E-state index contributed by atoms with van der Waals surface area (Å²) in [6.45, 7) is 0.544. The van der Waals surface area contributed by atoms with E-state index in [2.05, 4.69) is 32.7 Å². The molecule has 2 aromatic carbocycles. The first-order chi connectivity index (χ1) is 13.8. The van der Waals surface area contributed by atoms with Crippen molar-refractivity contribution >= 4 is 22.2 Å². The highest BCUT2D eigenvalue weighted by Crippen LogP contribution is 2.39. The van der Waals surface area contributed by atoms with Gasteiger partial charge in [-0.25, -0.2) is 0 Å². The fourth-order valence-corrected chi connectivity index (χ4v) is 4.04. The van der Waals surface area contributed by atoms with Gasteiger partial charge >= 0.3 is 0 Å². The first-order valence-corrected chi connectivity index (χ1v) is 10.2. The third kappa shape index (κ3) is 3.41. The van der Waals surface area contributed by atoms with Crippen molar-refractivity contribution in [1.82, 2.24) is 25.1 Å². The van der Waals surface area contributed by atoms with Crippen molar-refractivity contribution in [2.24, 2.45) is 0 Å². The Kier molecular flexibility index (Phi) is 4.37. The minimum Gasteiger partial charge on any atom is -0.352 e. The molecule has 2 aromatic heterocycles. The fourth-order valence-electron chi connectivity index (χ4n) is 3.20. The number of rotatable bonds is 6. The van der Waals surface area contributed by atoms with Crippen molar-refractivity contribution < 1.29 is 4.79 Å². The van der Waals surface area contributed by atoms with Crippen LogP contribution in [-0.2, 0) is 6.42 Å². The van der Waals surface area contributed by atoms with Gasteiger partial charge < -0.3 is 5.32 Å². The van der Waals surface area contributed by atoms with E-state index in [9.17, 15) is 4.79 Å². The Morgan fingerprint density at radius 1 is 1.04 bits per heavy atom. The number of carbonyl (C=O) groups is 1. The summed E-state index contributed by atoms with van der Waals surface area (Å²) in [5, 5.41) is 17.0. The van der Waals surface area contributed by atoms with E-state index in [-0.39, 0.29) is 5.91 Å². The number of nitrogens with zero attached hydrogens (tertiary/aromatic N) is 4. The zero-order valence-corrected chi connectivity index (χ0v) is 16.0. The molecule has 0 spiro atoms. The molecule has 0 atom stereocenters. The molecule has 1 N–H and O–H groups in total. The normalized spacial score (nSPS) is 13.7. The summed E-state index contributed by atoms with van der Waals surface area (Å²) in [7, 11) is 0. The lowest BCUT2D eigenvalue weighted by Gasteiger charge is -2.06. The predicted molar refractivity (Wildman–Crippen MR) is 109 cm³/mol. The minimum absolute atomic E-state index is 0.0683. The lowest BCUT2D eigenvalue weighted by Crippen LogP contribution is -2.25. The van der Waals surface area contributed by atoms with Crippen LogP contribution in [0.15, 0.2) is 54.6 Å². The van der Waals surface area contributed by atoms with Gasteiger partial charge in [0.1, 0.15) is 5.01 Å². The molecule has 7 heteroatoms. The predicted octanol–water partition coefficient (Wildman–Crippen LogP) is 3.70. The summed E-state index contributed by atoms with van der Waals surface area (Å²) in [5.74, 6) is 1.42. The molecule has 6 nitrogen and oxygen atoms in total. The van der Waals surface area contributed by atoms with Crippen LogP contribution in [0.1, 0.15) is 39.9 Å². The topological polar surface area (TPSA) is 72.2 Å². The monoisotopic (exact) mass is 389 g/mol. The smallest absolute Gasteiger partial charge is 0.251 e. The maximum Gasteiger partial charge on any atom is 0.251 e. The summed E-state index contributed by atoms with van der Waals surface area (Å²) >= 11 is 1.54. The highest BCUT2D eigenvalue weighted by atomic mass is 32.1. The van der Waals surface area contributed by atoms with Crippen LogP contribution in [0.3, 0.4) is 0 Å². The molecule has 2 heterocycles. The standard InChI is InChI=1S/C21H19N5OS/c27-20(17-10-6-15(7-11-17)14-4-2-1-3-5-14)22-13-12-18-25-26-19(16-8-9-16)23-24-21(26)28-18/h1-7,10-11,16H,8-9,12-13H2,(H,22,27). The summed E-state index contributed by atoms with van der Waals surface area (Å²) in [6.07, 6.45) is 3.03. The number of amides is 1. The average molecular weight is 389 g/mol. The molecule has 1 aliphatic carbocycles. The van der Waals surface area contributed by atoms with Crippen LogP contribution >= 0.6 is 11.3 Å². The maximum atomic E-state index is 12.4. The highest BCUT2D eigenvalue weighted by Gasteiger charge is 2.29. The van der Waals surface area contributed by atoms with Gasteiger partial charge in [0.05, 0.1) is 0 Å². The summed E-state index contributed by atoms with van der Waals surface area (Å²) < 4.78 is 1.86. The van der Waals surface area contributed by atoms with Crippen molar-refractivity contribution in [3.05, 3.63) is 71.0 Å². The number of carbonyl (C=O) groups excluding carboxylic acids is 1. The molecule has 0 unspecified atom stereocenters. The van der Waals surface area contributed by atoms with E-state index in [0.29, 0.717) is 24.4 Å². The van der Waals surface area contributed by atoms with Gasteiger partial charge in [0.2, 0.25) is 4.96 Å².